The van der Waals surface area contributed by atoms with Gasteiger partial charge in [0.15, 0.2) is 34.5 Å². The van der Waals surface area contributed by atoms with Crippen molar-refractivity contribution in [1.29, 1.82) is 0 Å². The van der Waals surface area contributed by atoms with E-state index in [-0.39, 0.29) is 40.1 Å². The highest BCUT2D eigenvalue weighted by molar-refractivity contribution is 6.11. The maximum atomic E-state index is 10.7. The van der Waals surface area contributed by atoms with Gasteiger partial charge in [0.05, 0.1) is 12.5 Å². The zero-order valence-electron chi connectivity index (χ0n) is 13.5. The molecular weight excluding hydrogens is 340 g/mol. The summed E-state index contributed by atoms with van der Waals surface area (Å²) in [5.74, 6) is -1.34. The largest absolute Gasteiger partial charge is 0.504 e. The van der Waals surface area contributed by atoms with Crippen LogP contribution in [0, 0.1) is 0 Å². The van der Waals surface area contributed by atoms with Crippen LogP contribution >= 0.6 is 0 Å². The molecule has 0 saturated carbocycles. The zero-order valence-corrected chi connectivity index (χ0v) is 13.5. The van der Waals surface area contributed by atoms with Crippen molar-refractivity contribution in [2.45, 2.75) is 0 Å². The van der Waals surface area contributed by atoms with E-state index in [2.05, 4.69) is 0 Å². The molecule has 0 bridgehead atoms. The summed E-state index contributed by atoms with van der Waals surface area (Å²) in [5.41, 5.74) is 1.49. The third-order valence-corrected chi connectivity index (χ3v) is 4.27. The Labute approximate surface area is 146 Å². The van der Waals surface area contributed by atoms with E-state index in [1.165, 1.54) is 31.4 Å². The van der Waals surface area contributed by atoms with Crippen LogP contribution in [-0.4, -0.2) is 32.6 Å². The Balaban J connectivity index is 2.09. The van der Waals surface area contributed by atoms with Gasteiger partial charge in [-0.2, -0.15) is 0 Å². The summed E-state index contributed by atoms with van der Waals surface area (Å²) in [7, 11) is 1.39. The minimum absolute atomic E-state index is 0.137. The number of methoxy groups -OCH3 is 1. The van der Waals surface area contributed by atoms with Crippen LogP contribution in [0.1, 0.15) is 0 Å². The molecule has 0 aliphatic rings. The van der Waals surface area contributed by atoms with E-state index in [0.717, 1.165) is 0 Å². The first-order valence-corrected chi connectivity index (χ1v) is 7.61. The first-order chi connectivity index (χ1) is 12.4. The van der Waals surface area contributed by atoms with Gasteiger partial charge in [-0.1, -0.05) is 6.07 Å². The minimum atomic E-state index is -0.342. The number of furan rings is 1. The second-order valence-electron chi connectivity index (χ2n) is 5.82. The monoisotopic (exact) mass is 354 g/mol. The fourth-order valence-electron chi connectivity index (χ4n) is 3.04. The molecule has 0 aliphatic carbocycles. The summed E-state index contributed by atoms with van der Waals surface area (Å²) < 4.78 is 11.0. The molecule has 3 aromatic carbocycles. The van der Waals surface area contributed by atoms with Crippen LogP contribution in [-0.2, 0) is 0 Å². The number of hydrogen-bond donors (Lipinski definition) is 5. The van der Waals surface area contributed by atoms with E-state index in [0.29, 0.717) is 27.5 Å². The molecule has 0 spiro atoms. The smallest absolute Gasteiger partial charge is 0.170 e. The quantitative estimate of drug-likeness (QED) is 0.347. The van der Waals surface area contributed by atoms with Crippen LogP contribution in [0.15, 0.2) is 40.8 Å². The number of fused-ring (bicyclic) bond motifs is 3. The summed E-state index contributed by atoms with van der Waals surface area (Å²) in [6, 6.07) is 8.36. The first kappa shape index (κ1) is 15.8. The molecule has 7 nitrogen and oxygen atoms in total. The van der Waals surface area contributed by atoms with Crippen LogP contribution in [0.4, 0.5) is 0 Å². The molecule has 0 amide bonds. The second kappa shape index (κ2) is 5.38. The topological polar surface area (TPSA) is 124 Å². The van der Waals surface area contributed by atoms with Crippen LogP contribution in [0.5, 0.6) is 34.5 Å². The van der Waals surface area contributed by atoms with Crippen LogP contribution in [0.2, 0.25) is 0 Å². The van der Waals surface area contributed by atoms with Crippen LogP contribution in [0.25, 0.3) is 33.1 Å². The normalized spacial score (nSPS) is 11.3. The highest BCUT2D eigenvalue weighted by Gasteiger charge is 2.21. The maximum Gasteiger partial charge on any atom is 0.170 e. The second-order valence-corrected chi connectivity index (χ2v) is 5.82. The first-order valence-electron chi connectivity index (χ1n) is 7.61. The highest BCUT2D eigenvalue weighted by Crippen LogP contribution is 2.48. The molecule has 1 heterocycles. The Hall–Kier alpha value is -3.74. The average Bonchev–Trinajstić information content (AvgIpc) is 2.95. The molecule has 5 N–H and O–H groups in total. The molecule has 26 heavy (non-hydrogen) atoms. The lowest BCUT2D eigenvalue weighted by atomic mass is 10.0. The van der Waals surface area contributed by atoms with E-state index in [1.807, 2.05) is 0 Å². The van der Waals surface area contributed by atoms with Gasteiger partial charge in [-0.25, -0.2) is 0 Å². The molecule has 1 aromatic heterocycles. The van der Waals surface area contributed by atoms with E-state index in [1.54, 1.807) is 12.1 Å². The Morgan fingerprint density at radius 1 is 0.769 bits per heavy atom. The molecule has 7 heteroatoms. The van der Waals surface area contributed by atoms with Gasteiger partial charge in [0, 0.05) is 17.0 Å². The van der Waals surface area contributed by atoms with Crippen LogP contribution in [0.3, 0.4) is 0 Å². The number of benzene rings is 3. The third kappa shape index (κ3) is 2.14. The highest BCUT2D eigenvalue weighted by atomic mass is 16.5. The average molecular weight is 354 g/mol. The SMILES string of the molecule is COc1c(-c2ccc(O)c(O)c2)cc2oc3cc(O)c(O)cc3c2c1O. The van der Waals surface area contributed by atoms with Crippen molar-refractivity contribution >= 4 is 21.9 Å². The molecule has 0 saturated heterocycles. The minimum Gasteiger partial charge on any atom is -0.504 e. The fourth-order valence-corrected chi connectivity index (χ4v) is 3.04. The molecule has 132 valence electrons. The number of aromatic hydroxyl groups is 5. The van der Waals surface area contributed by atoms with Crippen molar-refractivity contribution in [3.63, 3.8) is 0 Å². The lowest BCUT2D eigenvalue weighted by Crippen LogP contribution is -1.89. The number of phenols is 5. The maximum absolute atomic E-state index is 10.7. The van der Waals surface area contributed by atoms with Gasteiger partial charge in [0.2, 0.25) is 0 Å². The number of hydrogen-bond acceptors (Lipinski definition) is 7. The van der Waals surface area contributed by atoms with E-state index >= 15 is 0 Å². The van der Waals surface area contributed by atoms with Crippen molar-refractivity contribution in [3.05, 3.63) is 36.4 Å². The predicted octanol–water partition coefficient (Wildman–Crippen LogP) is 3.79. The van der Waals surface area contributed by atoms with Crippen molar-refractivity contribution in [2.24, 2.45) is 0 Å². The number of ether oxygens (including phenoxy) is 1. The molecule has 0 atom stereocenters. The van der Waals surface area contributed by atoms with Gasteiger partial charge in [-0.3, -0.25) is 0 Å². The predicted molar refractivity (Wildman–Crippen MR) is 94.0 cm³/mol. The summed E-state index contributed by atoms with van der Waals surface area (Å²) >= 11 is 0. The number of rotatable bonds is 2. The molecule has 4 aromatic rings. The summed E-state index contributed by atoms with van der Waals surface area (Å²) in [6.07, 6.45) is 0. The van der Waals surface area contributed by atoms with Crippen molar-refractivity contribution < 1.29 is 34.7 Å². The molecule has 4 rings (SSSR count). The molecule has 0 radical (unpaired) electrons. The van der Waals surface area contributed by atoms with Gasteiger partial charge in [-0.05, 0) is 29.8 Å². The van der Waals surface area contributed by atoms with E-state index in [4.69, 9.17) is 9.15 Å². The third-order valence-electron chi connectivity index (χ3n) is 4.27. The Kier molecular flexibility index (Phi) is 3.27. The van der Waals surface area contributed by atoms with E-state index in [9.17, 15) is 25.5 Å². The van der Waals surface area contributed by atoms with Gasteiger partial charge in [-0.15, -0.1) is 0 Å². The molecular formula is C19H14O7. The Morgan fingerprint density at radius 2 is 1.46 bits per heavy atom. The summed E-state index contributed by atoms with van der Waals surface area (Å²) in [5, 5.41) is 50.1. The fraction of sp³-hybridized carbons (Fsp3) is 0.0526. The Morgan fingerprint density at radius 3 is 2.15 bits per heavy atom. The summed E-state index contributed by atoms with van der Waals surface area (Å²) in [4.78, 5) is 0. The van der Waals surface area contributed by atoms with Gasteiger partial charge < -0.3 is 34.7 Å². The van der Waals surface area contributed by atoms with Crippen LogP contribution < -0.4 is 4.74 Å². The van der Waals surface area contributed by atoms with Gasteiger partial charge in [0.1, 0.15) is 11.2 Å². The molecule has 0 unspecified atom stereocenters. The van der Waals surface area contributed by atoms with Crippen molar-refractivity contribution in [1.82, 2.24) is 0 Å². The van der Waals surface area contributed by atoms with Gasteiger partial charge in [0.25, 0.3) is 0 Å². The molecule has 0 aliphatic heterocycles. The number of phenolic OH excluding ortho intramolecular Hbond substituents is 5. The Bertz CT molecular complexity index is 1170. The lowest BCUT2D eigenvalue weighted by Gasteiger charge is -2.12. The van der Waals surface area contributed by atoms with Crippen molar-refractivity contribution in [3.8, 4) is 45.6 Å². The molecule has 0 fully saturated rings. The van der Waals surface area contributed by atoms with Crippen molar-refractivity contribution in [2.75, 3.05) is 7.11 Å². The van der Waals surface area contributed by atoms with Gasteiger partial charge >= 0.3 is 0 Å². The van der Waals surface area contributed by atoms with E-state index < -0.39 is 0 Å². The summed E-state index contributed by atoms with van der Waals surface area (Å²) in [6.45, 7) is 0. The lowest BCUT2D eigenvalue weighted by molar-refractivity contribution is 0.378. The zero-order chi connectivity index (χ0) is 18.6. The standard InChI is InChI=1S/C19H14O7/c1-25-19-9(8-2-3-11(20)12(21)4-8)6-16-17(18(19)24)10-5-13(22)14(23)7-15(10)26-16/h2-7,20-24H,1H3.